The first-order chi connectivity index (χ1) is 5.33. The van der Waals surface area contributed by atoms with Gasteiger partial charge < -0.3 is 9.84 Å². The zero-order valence-electron chi connectivity index (χ0n) is 6.22. The summed E-state index contributed by atoms with van der Waals surface area (Å²) in [6.45, 7) is 0.384. The number of hydrogen-bond donors (Lipinski definition) is 1. The van der Waals surface area contributed by atoms with Gasteiger partial charge in [0.2, 0.25) is 0 Å². The lowest BCUT2D eigenvalue weighted by atomic mass is 10.2. The Kier molecular flexibility index (Phi) is 3.46. The molecule has 0 spiro atoms. The molecule has 0 heterocycles. The maximum absolute atomic E-state index is 8.46. The summed E-state index contributed by atoms with van der Waals surface area (Å²) in [6.07, 6.45) is 5.59. The van der Waals surface area contributed by atoms with E-state index in [1.54, 1.807) is 6.08 Å². The average Bonchev–Trinajstić information content (AvgIpc) is 2.01. The molecule has 1 N–H and O–H groups in total. The van der Waals surface area contributed by atoms with Gasteiger partial charge in [0.05, 0.1) is 6.61 Å². The summed E-state index contributed by atoms with van der Waals surface area (Å²) in [5.74, 6) is 0.773. The molecule has 1 aliphatic carbocycles. The zero-order chi connectivity index (χ0) is 8.10. The Bertz CT molecular complexity index is 185. The van der Waals surface area contributed by atoms with E-state index >= 15 is 0 Å². The van der Waals surface area contributed by atoms with Gasteiger partial charge in [-0.15, -0.1) is 0 Å². The minimum absolute atomic E-state index is 0.0444. The maximum Gasteiger partial charge on any atom is 0.116 e. The summed E-state index contributed by atoms with van der Waals surface area (Å²) in [5.41, 5.74) is 0. The predicted octanol–water partition coefficient (Wildman–Crippen LogP) is 1.80. The molecule has 0 atom stereocenters. The van der Waals surface area contributed by atoms with Gasteiger partial charge in [0.25, 0.3) is 0 Å². The fourth-order valence-corrected chi connectivity index (χ4v) is 1.12. The first-order valence-corrected chi connectivity index (χ1v) is 4.00. The van der Waals surface area contributed by atoms with Crippen molar-refractivity contribution in [2.45, 2.75) is 12.8 Å². The van der Waals surface area contributed by atoms with Gasteiger partial charge in [-0.25, -0.2) is 0 Å². The van der Waals surface area contributed by atoms with E-state index in [4.69, 9.17) is 21.4 Å². The molecule has 0 bridgehead atoms. The highest BCUT2D eigenvalue weighted by molar-refractivity contribution is 6.29. The van der Waals surface area contributed by atoms with E-state index in [-0.39, 0.29) is 6.61 Å². The van der Waals surface area contributed by atoms with E-state index < -0.39 is 0 Å². The largest absolute Gasteiger partial charge is 0.491 e. The third kappa shape index (κ3) is 2.95. The van der Waals surface area contributed by atoms with Gasteiger partial charge >= 0.3 is 0 Å². The second-order valence-electron chi connectivity index (χ2n) is 2.31. The third-order valence-electron chi connectivity index (χ3n) is 1.39. The fourth-order valence-electron chi connectivity index (χ4n) is 0.902. The van der Waals surface area contributed by atoms with Crippen LogP contribution in [0.2, 0.25) is 0 Å². The van der Waals surface area contributed by atoms with E-state index in [0.717, 1.165) is 23.6 Å². The molecule has 3 heteroatoms. The number of hydrogen-bond acceptors (Lipinski definition) is 2. The topological polar surface area (TPSA) is 29.5 Å². The summed E-state index contributed by atoms with van der Waals surface area (Å²) in [6, 6.07) is 0. The van der Waals surface area contributed by atoms with Crippen LogP contribution in [0.3, 0.4) is 0 Å². The average molecular weight is 175 g/mol. The Morgan fingerprint density at radius 1 is 1.64 bits per heavy atom. The molecule has 0 amide bonds. The summed E-state index contributed by atoms with van der Waals surface area (Å²) in [5, 5.41) is 9.28. The number of aliphatic hydroxyl groups excluding tert-OH is 1. The third-order valence-corrected chi connectivity index (χ3v) is 1.69. The van der Waals surface area contributed by atoms with Gasteiger partial charge in [0.1, 0.15) is 12.4 Å². The Balaban J connectivity index is 2.39. The number of rotatable bonds is 3. The number of ether oxygens (including phenoxy) is 1. The number of aliphatic hydroxyl groups is 1. The minimum atomic E-state index is 0.0444. The van der Waals surface area contributed by atoms with Gasteiger partial charge in [-0.05, 0) is 25.0 Å². The van der Waals surface area contributed by atoms with Crippen LogP contribution in [-0.4, -0.2) is 18.3 Å². The van der Waals surface area contributed by atoms with Crippen LogP contribution in [-0.2, 0) is 4.74 Å². The van der Waals surface area contributed by atoms with Crippen LogP contribution in [0.1, 0.15) is 12.8 Å². The molecule has 0 radical (unpaired) electrons. The highest BCUT2D eigenvalue weighted by Crippen LogP contribution is 2.20. The summed E-state index contributed by atoms with van der Waals surface area (Å²) in [7, 11) is 0. The van der Waals surface area contributed by atoms with Crippen molar-refractivity contribution in [2.24, 2.45) is 0 Å². The van der Waals surface area contributed by atoms with Gasteiger partial charge in [0.15, 0.2) is 0 Å². The van der Waals surface area contributed by atoms with Crippen molar-refractivity contribution >= 4 is 11.6 Å². The second-order valence-corrected chi connectivity index (χ2v) is 2.79. The van der Waals surface area contributed by atoms with Crippen LogP contribution in [0.25, 0.3) is 0 Å². The molecule has 11 heavy (non-hydrogen) atoms. The predicted molar refractivity (Wildman–Crippen MR) is 44.3 cm³/mol. The molecule has 0 saturated heterocycles. The molecule has 0 aliphatic heterocycles. The van der Waals surface area contributed by atoms with Crippen LogP contribution in [0.15, 0.2) is 22.9 Å². The lowest BCUT2D eigenvalue weighted by molar-refractivity contribution is 0.151. The Morgan fingerprint density at radius 2 is 2.45 bits per heavy atom. The van der Waals surface area contributed by atoms with Gasteiger partial charge in [0, 0.05) is 5.03 Å². The molecule has 2 nitrogen and oxygen atoms in total. The van der Waals surface area contributed by atoms with E-state index in [0.29, 0.717) is 6.61 Å². The Labute approximate surface area is 71.1 Å². The van der Waals surface area contributed by atoms with Crippen LogP contribution < -0.4 is 0 Å². The van der Waals surface area contributed by atoms with Gasteiger partial charge in [-0.2, -0.15) is 0 Å². The van der Waals surface area contributed by atoms with Crippen molar-refractivity contribution in [2.75, 3.05) is 13.2 Å². The number of allylic oxidation sites excluding steroid dienone is 3. The summed E-state index contributed by atoms with van der Waals surface area (Å²) in [4.78, 5) is 0. The quantitative estimate of drug-likeness (QED) is 0.707. The molecule has 0 aromatic carbocycles. The molecule has 0 aromatic rings. The van der Waals surface area contributed by atoms with Crippen LogP contribution >= 0.6 is 11.6 Å². The molecule has 0 fully saturated rings. The van der Waals surface area contributed by atoms with Crippen molar-refractivity contribution in [3.8, 4) is 0 Å². The van der Waals surface area contributed by atoms with Crippen LogP contribution in [0.5, 0.6) is 0 Å². The molecule has 1 aliphatic rings. The van der Waals surface area contributed by atoms with Crippen molar-refractivity contribution < 1.29 is 9.84 Å². The highest BCUT2D eigenvalue weighted by atomic mass is 35.5. The fraction of sp³-hybridized carbons (Fsp3) is 0.500. The SMILES string of the molecule is OCCOC1=CCCC(Cl)=C1. The Morgan fingerprint density at radius 3 is 3.09 bits per heavy atom. The normalized spacial score (nSPS) is 17.3. The van der Waals surface area contributed by atoms with E-state index in [1.165, 1.54) is 0 Å². The standard InChI is InChI=1S/C8H11ClO2/c9-7-2-1-3-8(6-7)11-5-4-10/h3,6,10H,1-2,4-5H2. The van der Waals surface area contributed by atoms with E-state index in [1.807, 2.05) is 6.08 Å². The minimum Gasteiger partial charge on any atom is -0.491 e. The summed E-state index contributed by atoms with van der Waals surface area (Å²) < 4.78 is 5.15. The van der Waals surface area contributed by atoms with Crippen molar-refractivity contribution in [3.63, 3.8) is 0 Å². The molecule has 62 valence electrons. The zero-order valence-corrected chi connectivity index (χ0v) is 6.97. The second kappa shape index (κ2) is 4.42. The molecular weight excluding hydrogens is 164 g/mol. The molecular formula is C8H11ClO2. The van der Waals surface area contributed by atoms with E-state index in [2.05, 4.69) is 0 Å². The van der Waals surface area contributed by atoms with Crippen LogP contribution in [0.4, 0.5) is 0 Å². The maximum atomic E-state index is 8.46. The van der Waals surface area contributed by atoms with Crippen LogP contribution in [0, 0.1) is 0 Å². The lowest BCUT2D eigenvalue weighted by Crippen LogP contribution is -1.99. The molecule has 1 rings (SSSR count). The van der Waals surface area contributed by atoms with Gasteiger partial charge in [-0.3, -0.25) is 0 Å². The van der Waals surface area contributed by atoms with E-state index in [9.17, 15) is 0 Å². The number of halogens is 1. The smallest absolute Gasteiger partial charge is 0.116 e. The van der Waals surface area contributed by atoms with Crippen molar-refractivity contribution in [1.82, 2.24) is 0 Å². The molecule has 0 unspecified atom stereocenters. The van der Waals surface area contributed by atoms with Crippen molar-refractivity contribution in [1.29, 1.82) is 0 Å². The first kappa shape index (κ1) is 8.62. The lowest BCUT2D eigenvalue weighted by Gasteiger charge is -2.09. The first-order valence-electron chi connectivity index (χ1n) is 3.63. The highest BCUT2D eigenvalue weighted by Gasteiger charge is 2.02. The van der Waals surface area contributed by atoms with Gasteiger partial charge in [-0.1, -0.05) is 11.6 Å². The van der Waals surface area contributed by atoms with Crippen molar-refractivity contribution in [3.05, 3.63) is 22.9 Å². The molecule has 0 saturated carbocycles. The Hall–Kier alpha value is -0.470. The molecule has 0 aromatic heterocycles. The summed E-state index contributed by atoms with van der Waals surface area (Å²) >= 11 is 5.77. The monoisotopic (exact) mass is 174 g/mol.